The standard InChI is InChI=1S/C11H11BrN2S/c1-8(9-2-3-15-7-9)14-11-4-10(12)5-13-6-11/h2-8,14H,1H3. The lowest BCUT2D eigenvalue weighted by atomic mass is 10.2. The smallest absolute Gasteiger partial charge is 0.0542 e. The third-order valence-electron chi connectivity index (χ3n) is 2.13. The van der Waals surface area contributed by atoms with Crippen molar-refractivity contribution < 1.29 is 0 Å². The van der Waals surface area contributed by atoms with Crippen LogP contribution >= 0.6 is 27.3 Å². The van der Waals surface area contributed by atoms with Gasteiger partial charge in [-0.15, -0.1) is 0 Å². The molecule has 2 rings (SSSR count). The molecule has 0 spiro atoms. The molecule has 4 heteroatoms. The van der Waals surface area contributed by atoms with Gasteiger partial charge in [-0.3, -0.25) is 4.98 Å². The largest absolute Gasteiger partial charge is 0.377 e. The summed E-state index contributed by atoms with van der Waals surface area (Å²) in [5.41, 5.74) is 2.34. The fourth-order valence-corrected chi connectivity index (χ4v) is 2.46. The zero-order valence-electron chi connectivity index (χ0n) is 8.27. The lowest BCUT2D eigenvalue weighted by Gasteiger charge is -2.13. The van der Waals surface area contributed by atoms with Crippen molar-refractivity contribution in [2.45, 2.75) is 13.0 Å². The second-order valence-electron chi connectivity index (χ2n) is 3.31. The van der Waals surface area contributed by atoms with E-state index in [0.717, 1.165) is 10.2 Å². The average Bonchev–Trinajstić information content (AvgIpc) is 2.70. The first-order chi connectivity index (χ1) is 7.25. The molecule has 0 aliphatic carbocycles. The van der Waals surface area contributed by atoms with Crippen molar-refractivity contribution in [1.29, 1.82) is 0 Å². The van der Waals surface area contributed by atoms with Gasteiger partial charge in [0.05, 0.1) is 11.9 Å². The van der Waals surface area contributed by atoms with E-state index in [4.69, 9.17) is 0 Å². The Labute approximate surface area is 101 Å². The highest BCUT2D eigenvalue weighted by molar-refractivity contribution is 9.10. The van der Waals surface area contributed by atoms with Crippen LogP contribution in [0.25, 0.3) is 0 Å². The second-order valence-corrected chi connectivity index (χ2v) is 5.01. The van der Waals surface area contributed by atoms with Gasteiger partial charge >= 0.3 is 0 Å². The number of rotatable bonds is 3. The van der Waals surface area contributed by atoms with Gasteiger partial charge in [0, 0.05) is 16.7 Å². The number of aromatic nitrogens is 1. The summed E-state index contributed by atoms with van der Waals surface area (Å²) in [5, 5.41) is 7.65. The molecule has 0 saturated carbocycles. The molecule has 1 N–H and O–H groups in total. The van der Waals surface area contributed by atoms with Crippen LogP contribution in [0.5, 0.6) is 0 Å². The molecule has 2 aromatic heterocycles. The van der Waals surface area contributed by atoms with E-state index in [9.17, 15) is 0 Å². The maximum absolute atomic E-state index is 4.11. The Morgan fingerprint density at radius 3 is 3.00 bits per heavy atom. The van der Waals surface area contributed by atoms with Crippen molar-refractivity contribution in [3.05, 3.63) is 45.3 Å². The molecule has 0 saturated heterocycles. The van der Waals surface area contributed by atoms with Crippen molar-refractivity contribution >= 4 is 33.0 Å². The van der Waals surface area contributed by atoms with E-state index >= 15 is 0 Å². The van der Waals surface area contributed by atoms with E-state index in [0.29, 0.717) is 6.04 Å². The molecular formula is C11H11BrN2S. The third kappa shape index (κ3) is 2.79. The number of halogens is 1. The van der Waals surface area contributed by atoms with E-state index in [2.05, 4.69) is 50.0 Å². The summed E-state index contributed by atoms with van der Waals surface area (Å²) in [6.45, 7) is 2.14. The zero-order valence-corrected chi connectivity index (χ0v) is 10.7. The van der Waals surface area contributed by atoms with Crippen LogP contribution in [0.4, 0.5) is 5.69 Å². The Kier molecular flexibility index (Phi) is 3.38. The molecule has 15 heavy (non-hydrogen) atoms. The fourth-order valence-electron chi connectivity index (χ4n) is 1.35. The van der Waals surface area contributed by atoms with Crippen LogP contribution in [-0.4, -0.2) is 4.98 Å². The van der Waals surface area contributed by atoms with Crippen LogP contribution in [-0.2, 0) is 0 Å². The SMILES string of the molecule is CC(Nc1cncc(Br)c1)c1ccsc1. The van der Waals surface area contributed by atoms with Crippen LogP contribution in [0.15, 0.2) is 39.8 Å². The normalized spacial score (nSPS) is 12.4. The summed E-state index contributed by atoms with van der Waals surface area (Å²) >= 11 is 5.12. The summed E-state index contributed by atoms with van der Waals surface area (Å²) in [6.07, 6.45) is 3.61. The molecular weight excluding hydrogens is 272 g/mol. The Morgan fingerprint density at radius 1 is 1.47 bits per heavy atom. The van der Waals surface area contributed by atoms with Crippen molar-refractivity contribution in [3.63, 3.8) is 0 Å². The molecule has 0 radical (unpaired) electrons. The molecule has 2 aromatic rings. The Balaban J connectivity index is 2.09. The highest BCUT2D eigenvalue weighted by atomic mass is 79.9. The van der Waals surface area contributed by atoms with Gasteiger partial charge in [0.25, 0.3) is 0 Å². The van der Waals surface area contributed by atoms with Crippen molar-refractivity contribution in [3.8, 4) is 0 Å². The molecule has 2 heterocycles. The number of nitrogens with one attached hydrogen (secondary N) is 1. The molecule has 1 atom stereocenters. The Hall–Kier alpha value is -0.870. The minimum absolute atomic E-state index is 0.312. The molecule has 78 valence electrons. The van der Waals surface area contributed by atoms with Crippen LogP contribution in [0, 0.1) is 0 Å². The predicted octanol–water partition coefficient (Wildman–Crippen LogP) is 4.08. The number of anilines is 1. The van der Waals surface area contributed by atoms with E-state index in [1.807, 2.05) is 12.3 Å². The lowest BCUT2D eigenvalue weighted by molar-refractivity contribution is 0.888. The van der Waals surface area contributed by atoms with E-state index in [1.54, 1.807) is 17.5 Å². The first kappa shape index (κ1) is 10.6. The predicted molar refractivity (Wildman–Crippen MR) is 68.3 cm³/mol. The molecule has 0 aliphatic heterocycles. The van der Waals surface area contributed by atoms with Gasteiger partial charge in [-0.1, -0.05) is 0 Å². The van der Waals surface area contributed by atoms with Gasteiger partial charge in [0.15, 0.2) is 0 Å². The number of thiophene rings is 1. The molecule has 0 bridgehead atoms. The van der Waals surface area contributed by atoms with Gasteiger partial charge in [-0.05, 0) is 51.3 Å². The quantitative estimate of drug-likeness (QED) is 0.918. The van der Waals surface area contributed by atoms with Gasteiger partial charge in [0.1, 0.15) is 0 Å². The average molecular weight is 283 g/mol. The lowest BCUT2D eigenvalue weighted by Crippen LogP contribution is -2.05. The topological polar surface area (TPSA) is 24.9 Å². The van der Waals surface area contributed by atoms with Gasteiger partial charge in [-0.25, -0.2) is 0 Å². The molecule has 0 amide bonds. The number of hydrogen-bond donors (Lipinski definition) is 1. The van der Waals surface area contributed by atoms with E-state index in [-0.39, 0.29) is 0 Å². The molecule has 0 fully saturated rings. The maximum atomic E-state index is 4.11. The van der Waals surface area contributed by atoms with Crippen LogP contribution in [0.3, 0.4) is 0 Å². The maximum Gasteiger partial charge on any atom is 0.0542 e. The summed E-state index contributed by atoms with van der Waals surface area (Å²) in [6, 6.07) is 4.47. The first-order valence-electron chi connectivity index (χ1n) is 4.65. The first-order valence-corrected chi connectivity index (χ1v) is 6.38. The van der Waals surface area contributed by atoms with Gasteiger partial charge < -0.3 is 5.32 Å². The Bertz CT molecular complexity index is 428. The number of nitrogens with zero attached hydrogens (tertiary/aromatic N) is 1. The van der Waals surface area contributed by atoms with Crippen molar-refractivity contribution in [1.82, 2.24) is 4.98 Å². The van der Waals surface area contributed by atoms with Gasteiger partial charge in [-0.2, -0.15) is 11.3 Å². The summed E-state index contributed by atoms with van der Waals surface area (Å²) in [5.74, 6) is 0. The molecule has 0 aliphatic rings. The highest BCUT2D eigenvalue weighted by Crippen LogP contribution is 2.22. The van der Waals surface area contributed by atoms with Crippen molar-refractivity contribution in [2.75, 3.05) is 5.32 Å². The van der Waals surface area contributed by atoms with Crippen molar-refractivity contribution in [2.24, 2.45) is 0 Å². The monoisotopic (exact) mass is 282 g/mol. The molecule has 2 nitrogen and oxygen atoms in total. The Morgan fingerprint density at radius 2 is 2.33 bits per heavy atom. The highest BCUT2D eigenvalue weighted by Gasteiger charge is 2.05. The van der Waals surface area contributed by atoms with Gasteiger partial charge in [0.2, 0.25) is 0 Å². The van der Waals surface area contributed by atoms with Crippen LogP contribution in [0.2, 0.25) is 0 Å². The number of hydrogen-bond acceptors (Lipinski definition) is 3. The molecule has 1 unspecified atom stereocenters. The summed E-state index contributed by atoms with van der Waals surface area (Å²) < 4.78 is 0.991. The minimum Gasteiger partial charge on any atom is -0.377 e. The minimum atomic E-state index is 0.312. The third-order valence-corrected chi connectivity index (χ3v) is 3.27. The van der Waals surface area contributed by atoms with E-state index < -0.39 is 0 Å². The zero-order chi connectivity index (χ0) is 10.7. The van der Waals surface area contributed by atoms with Crippen LogP contribution < -0.4 is 5.32 Å². The fraction of sp³-hybridized carbons (Fsp3) is 0.182. The number of pyridine rings is 1. The second kappa shape index (κ2) is 4.77. The summed E-state index contributed by atoms with van der Waals surface area (Å²) in [4.78, 5) is 4.11. The van der Waals surface area contributed by atoms with E-state index in [1.165, 1.54) is 5.56 Å². The molecule has 0 aromatic carbocycles. The summed E-state index contributed by atoms with van der Waals surface area (Å²) in [7, 11) is 0. The van der Waals surface area contributed by atoms with Crippen LogP contribution in [0.1, 0.15) is 18.5 Å².